The largest absolute Gasteiger partial charge is 0.497 e. The third-order valence-electron chi connectivity index (χ3n) is 5.25. The summed E-state index contributed by atoms with van der Waals surface area (Å²) in [6, 6.07) is 16.9. The lowest BCUT2D eigenvalue weighted by atomic mass is 10.1. The summed E-state index contributed by atoms with van der Waals surface area (Å²) in [6.45, 7) is 0.883. The molecule has 1 saturated heterocycles. The van der Waals surface area contributed by atoms with E-state index < -0.39 is 16.1 Å². The minimum atomic E-state index is -3.85. The number of carbonyl (C=O) groups is 1. The van der Waals surface area contributed by atoms with Crippen molar-refractivity contribution in [3.63, 3.8) is 0 Å². The molecule has 1 heterocycles. The number of hydrogen-bond acceptors (Lipinski definition) is 5. The van der Waals surface area contributed by atoms with Crippen molar-refractivity contribution in [3.8, 4) is 5.75 Å². The average Bonchev–Trinajstić information content (AvgIpc) is 3.06. The zero-order valence-electron chi connectivity index (χ0n) is 16.5. The first-order valence-electron chi connectivity index (χ1n) is 9.59. The molecule has 4 rings (SSSR count). The van der Waals surface area contributed by atoms with Crippen LogP contribution in [0.1, 0.15) is 12.0 Å². The Hall–Kier alpha value is -3.10. The number of nitrogens with one attached hydrogen (secondary N) is 1. The van der Waals surface area contributed by atoms with E-state index in [0.29, 0.717) is 30.9 Å². The predicted molar refractivity (Wildman–Crippen MR) is 115 cm³/mol. The van der Waals surface area contributed by atoms with Gasteiger partial charge in [0, 0.05) is 18.8 Å². The van der Waals surface area contributed by atoms with E-state index in [1.807, 2.05) is 30.3 Å². The number of anilines is 1. The lowest BCUT2D eigenvalue weighted by Gasteiger charge is -2.17. The van der Waals surface area contributed by atoms with Crippen LogP contribution in [-0.2, 0) is 21.4 Å². The van der Waals surface area contributed by atoms with Crippen LogP contribution in [0.25, 0.3) is 10.8 Å². The number of benzene rings is 3. The van der Waals surface area contributed by atoms with Crippen LogP contribution in [0, 0.1) is 0 Å². The number of fused-ring (bicyclic) bond motifs is 1. The normalized spacial score (nSPS) is 16.9. The molecule has 1 aliphatic rings. The maximum Gasteiger partial charge on any atom is 0.241 e. The van der Waals surface area contributed by atoms with Gasteiger partial charge in [0.25, 0.3) is 0 Å². The van der Waals surface area contributed by atoms with Crippen LogP contribution < -0.4 is 15.2 Å². The van der Waals surface area contributed by atoms with Gasteiger partial charge in [0.1, 0.15) is 11.8 Å². The smallest absolute Gasteiger partial charge is 0.241 e. The van der Waals surface area contributed by atoms with Crippen LogP contribution in [0.5, 0.6) is 5.75 Å². The molecule has 0 aromatic heterocycles. The molecule has 0 spiro atoms. The Labute approximate surface area is 175 Å². The van der Waals surface area contributed by atoms with Crippen molar-refractivity contribution >= 4 is 32.4 Å². The number of carbonyl (C=O) groups excluding carboxylic acids is 1. The fraction of sp³-hybridized carbons (Fsp3) is 0.227. The maximum absolute atomic E-state index is 12.9. The molecule has 156 valence electrons. The van der Waals surface area contributed by atoms with E-state index in [1.165, 1.54) is 0 Å². The lowest BCUT2D eigenvalue weighted by molar-refractivity contribution is -0.129. The number of amides is 1. The number of sulfonamides is 1. The molecule has 1 atom stereocenters. The zero-order valence-corrected chi connectivity index (χ0v) is 17.4. The Morgan fingerprint density at radius 3 is 2.67 bits per heavy atom. The molecule has 1 fully saturated rings. The fourth-order valence-corrected chi connectivity index (χ4v) is 4.93. The molecule has 0 unspecified atom stereocenters. The third-order valence-corrected chi connectivity index (χ3v) is 6.72. The molecule has 8 heteroatoms. The van der Waals surface area contributed by atoms with Gasteiger partial charge in [-0.3, -0.25) is 4.79 Å². The Morgan fingerprint density at radius 1 is 1.10 bits per heavy atom. The molecule has 30 heavy (non-hydrogen) atoms. The second kappa shape index (κ2) is 7.97. The standard InChI is InChI=1S/C22H23N3O4S/c1-29-19-7-5-16-6-8-20(13-17(16)12-19)30(27,28)24-21-9-10-25(22(21)26)14-15-3-2-4-18(23)11-15/h2-8,11-13,21,24H,9-10,14,23H2,1H3/t21-/m0/s1. The molecule has 0 saturated carbocycles. The molecule has 0 aliphatic carbocycles. The third kappa shape index (κ3) is 4.10. The van der Waals surface area contributed by atoms with Gasteiger partial charge in [-0.15, -0.1) is 0 Å². The highest BCUT2D eigenvalue weighted by atomic mass is 32.2. The minimum Gasteiger partial charge on any atom is -0.497 e. The number of rotatable bonds is 6. The van der Waals surface area contributed by atoms with Crippen LogP contribution in [0.4, 0.5) is 5.69 Å². The predicted octanol–water partition coefficient (Wildman–Crippen LogP) is 2.51. The first-order chi connectivity index (χ1) is 14.4. The summed E-state index contributed by atoms with van der Waals surface area (Å²) < 4.78 is 33.6. The van der Waals surface area contributed by atoms with Gasteiger partial charge in [0.05, 0.1) is 12.0 Å². The molecule has 3 aromatic carbocycles. The fourth-order valence-electron chi connectivity index (χ4n) is 3.67. The highest BCUT2D eigenvalue weighted by Crippen LogP contribution is 2.25. The molecule has 0 radical (unpaired) electrons. The van der Waals surface area contributed by atoms with Gasteiger partial charge in [0.15, 0.2) is 0 Å². The van der Waals surface area contributed by atoms with E-state index in [1.54, 1.807) is 42.3 Å². The van der Waals surface area contributed by atoms with Crippen LogP contribution in [0.2, 0.25) is 0 Å². The van der Waals surface area contributed by atoms with E-state index in [9.17, 15) is 13.2 Å². The van der Waals surface area contributed by atoms with Gasteiger partial charge in [0.2, 0.25) is 15.9 Å². The number of nitrogens with zero attached hydrogens (tertiary/aromatic N) is 1. The minimum absolute atomic E-state index is 0.116. The zero-order chi connectivity index (χ0) is 21.3. The summed E-state index contributed by atoms with van der Waals surface area (Å²) in [5, 5.41) is 1.65. The quantitative estimate of drug-likeness (QED) is 0.591. The second-order valence-electron chi connectivity index (χ2n) is 7.34. The summed E-state index contributed by atoms with van der Waals surface area (Å²) in [5.41, 5.74) is 7.34. The topological polar surface area (TPSA) is 102 Å². The molecule has 1 aliphatic heterocycles. The molecule has 3 N–H and O–H groups in total. The highest BCUT2D eigenvalue weighted by Gasteiger charge is 2.34. The lowest BCUT2D eigenvalue weighted by Crippen LogP contribution is -2.41. The Balaban J connectivity index is 1.50. The van der Waals surface area contributed by atoms with E-state index in [2.05, 4.69) is 4.72 Å². The van der Waals surface area contributed by atoms with E-state index in [-0.39, 0.29) is 10.8 Å². The van der Waals surface area contributed by atoms with Crippen molar-refractivity contribution in [1.82, 2.24) is 9.62 Å². The van der Waals surface area contributed by atoms with Crippen molar-refractivity contribution in [3.05, 3.63) is 66.2 Å². The van der Waals surface area contributed by atoms with Crippen LogP contribution in [0.3, 0.4) is 0 Å². The number of likely N-dealkylation sites (tertiary alicyclic amines) is 1. The summed E-state index contributed by atoms with van der Waals surface area (Å²) in [6.07, 6.45) is 0.418. The van der Waals surface area contributed by atoms with E-state index in [0.717, 1.165) is 16.3 Å². The molecular weight excluding hydrogens is 402 g/mol. The van der Waals surface area contributed by atoms with E-state index in [4.69, 9.17) is 10.5 Å². The number of nitrogens with two attached hydrogens (primary N) is 1. The van der Waals surface area contributed by atoms with Crippen molar-refractivity contribution in [2.75, 3.05) is 19.4 Å². The Kier molecular flexibility index (Phi) is 5.36. The van der Waals surface area contributed by atoms with Crippen molar-refractivity contribution in [1.29, 1.82) is 0 Å². The van der Waals surface area contributed by atoms with Crippen LogP contribution >= 0.6 is 0 Å². The van der Waals surface area contributed by atoms with Crippen molar-refractivity contribution in [2.45, 2.75) is 23.9 Å². The van der Waals surface area contributed by atoms with Gasteiger partial charge >= 0.3 is 0 Å². The number of hydrogen-bond donors (Lipinski definition) is 2. The number of ether oxygens (including phenoxy) is 1. The monoisotopic (exact) mass is 425 g/mol. The van der Waals surface area contributed by atoms with Crippen LogP contribution in [0.15, 0.2) is 65.6 Å². The van der Waals surface area contributed by atoms with Gasteiger partial charge in [-0.05, 0) is 59.2 Å². The molecular formula is C22H23N3O4S. The summed E-state index contributed by atoms with van der Waals surface area (Å²) in [5.74, 6) is 0.414. The molecule has 7 nitrogen and oxygen atoms in total. The van der Waals surface area contributed by atoms with Crippen LogP contribution in [-0.4, -0.2) is 38.9 Å². The van der Waals surface area contributed by atoms with Crippen molar-refractivity contribution in [2.24, 2.45) is 0 Å². The van der Waals surface area contributed by atoms with Gasteiger partial charge in [-0.25, -0.2) is 8.42 Å². The Bertz CT molecular complexity index is 1210. The second-order valence-corrected chi connectivity index (χ2v) is 9.06. The maximum atomic E-state index is 12.9. The summed E-state index contributed by atoms with van der Waals surface area (Å²) in [7, 11) is -2.29. The molecule has 3 aromatic rings. The highest BCUT2D eigenvalue weighted by molar-refractivity contribution is 7.89. The van der Waals surface area contributed by atoms with Gasteiger partial charge in [-0.2, -0.15) is 4.72 Å². The molecule has 0 bridgehead atoms. The van der Waals surface area contributed by atoms with E-state index >= 15 is 0 Å². The summed E-state index contributed by atoms with van der Waals surface area (Å²) in [4.78, 5) is 14.5. The van der Waals surface area contributed by atoms with Gasteiger partial charge in [-0.1, -0.05) is 24.3 Å². The Morgan fingerprint density at radius 2 is 1.90 bits per heavy atom. The van der Waals surface area contributed by atoms with Crippen molar-refractivity contribution < 1.29 is 17.9 Å². The number of nitrogen functional groups attached to an aromatic ring is 1. The SMILES string of the molecule is COc1ccc2ccc(S(=O)(=O)N[C@H]3CCN(Cc4cccc(N)c4)C3=O)cc2c1. The average molecular weight is 426 g/mol. The number of methoxy groups -OCH3 is 1. The first kappa shape index (κ1) is 20.2. The first-order valence-corrected chi connectivity index (χ1v) is 11.1. The van der Waals surface area contributed by atoms with Gasteiger partial charge < -0.3 is 15.4 Å². The molecule has 1 amide bonds. The summed E-state index contributed by atoms with van der Waals surface area (Å²) >= 11 is 0.